The Morgan fingerprint density at radius 3 is 2.60 bits per heavy atom. The second-order valence-electron chi connectivity index (χ2n) is 4.25. The van der Waals surface area contributed by atoms with Crippen LogP contribution in [0.2, 0.25) is 5.02 Å². The molecule has 7 heteroatoms. The molecular formula is C13H13ClN4O2. The van der Waals surface area contributed by atoms with Crippen molar-refractivity contribution in [2.45, 2.75) is 0 Å². The van der Waals surface area contributed by atoms with Gasteiger partial charge >= 0.3 is 0 Å². The first-order chi connectivity index (χ1) is 9.47. The van der Waals surface area contributed by atoms with Crippen LogP contribution in [0, 0.1) is 0 Å². The zero-order valence-corrected chi connectivity index (χ0v) is 11.8. The molecule has 0 saturated carbocycles. The lowest BCUT2D eigenvalue weighted by Crippen LogP contribution is -2.23. The number of nitrogens with zero attached hydrogens (tertiary/aromatic N) is 3. The van der Waals surface area contributed by atoms with Crippen LogP contribution in [-0.4, -0.2) is 35.1 Å². The molecule has 0 aliphatic heterocycles. The van der Waals surface area contributed by atoms with E-state index in [0.717, 1.165) is 0 Å². The van der Waals surface area contributed by atoms with E-state index >= 15 is 0 Å². The highest BCUT2D eigenvalue weighted by Gasteiger charge is 2.11. The Kier molecular flexibility index (Phi) is 4.05. The van der Waals surface area contributed by atoms with Crippen LogP contribution in [0.1, 0.15) is 10.5 Å². The molecule has 0 aliphatic carbocycles. The van der Waals surface area contributed by atoms with Gasteiger partial charge in [0.15, 0.2) is 5.69 Å². The standard InChI is InChI=1S/C13H13ClN4O2/c1-18(2)13(19)10-5-6-12(17-16-10)20-11-7-8(15)3-4-9(11)14/h3-7H,15H2,1-2H3. The van der Waals surface area contributed by atoms with Crippen LogP contribution in [0.15, 0.2) is 30.3 Å². The number of carbonyl (C=O) groups excluding carboxylic acids is 1. The van der Waals surface area contributed by atoms with Gasteiger partial charge in [0.2, 0.25) is 5.88 Å². The number of hydrogen-bond acceptors (Lipinski definition) is 5. The van der Waals surface area contributed by atoms with Crippen LogP contribution in [-0.2, 0) is 0 Å². The molecule has 2 rings (SSSR count). The lowest BCUT2D eigenvalue weighted by Gasteiger charge is -2.10. The van der Waals surface area contributed by atoms with Crippen molar-refractivity contribution in [1.82, 2.24) is 15.1 Å². The maximum atomic E-state index is 11.7. The third-order valence-electron chi connectivity index (χ3n) is 2.44. The number of anilines is 1. The number of amides is 1. The first kappa shape index (κ1) is 14.1. The number of carbonyl (C=O) groups is 1. The lowest BCUT2D eigenvalue weighted by atomic mass is 10.3. The van der Waals surface area contributed by atoms with Gasteiger partial charge in [0, 0.05) is 31.9 Å². The van der Waals surface area contributed by atoms with Crippen molar-refractivity contribution < 1.29 is 9.53 Å². The number of halogens is 1. The Labute approximate surface area is 121 Å². The summed E-state index contributed by atoms with van der Waals surface area (Å²) in [5.41, 5.74) is 6.42. The summed E-state index contributed by atoms with van der Waals surface area (Å²) in [7, 11) is 3.28. The first-order valence-corrected chi connectivity index (χ1v) is 6.13. The number of ether oxygens (including phenoxy) is 1. The third-order valence-corrected chi connectivity index (χ3v) is 2.75. The smallest absolute Gasteiger partial charge is 0.273 e. The molecule has 6 nitrogen and oxygen atoms in total. The second kappa shape index (κ2) is 5.75. The fourth-order valence-electron chi connectivity index (χ4n) is 1.43. The molecule has 0 bridgehead atoms. The lowest BCUT2D eigenvalue weighted by molar-refractivity contribution is 0.0820. The van der Waals surface area contributed by atoms with Crippen molar-refractivity contribution in [2.24, 2.45) is 0 Å². The number of nitrogen functional groups attached to an aromatic ring is 1. The monoisotopic (exact) mass is 292 g/mol. The van der Waals surface area contributed by atoms with Crippen LogP contribution < -0.4 is 10.5 Å². The Bertz CT molecular complexity index is 629. The molecule has 0 radical (unpaired) electrons. The summed E-state index contributed by atoms with van der Waals surface area (Å²) in [6.07, 6.45) is 0. The number of benzene rings is 1. The molecule has 104 valence electrons. The van der Waals surface area contributed by atoms with Crippen LogP contribution in [0.3, 0.4) is 0 Å². The fourth-order valence-corrected chi connectivity index (χ4v) is 1.58. The number of aromatic nitrogens is 2. The molecule has 1 aromatic carbocycles. The average Bonchev–Trinajstić information content (AvgIpc) is 2.43. The Morgan fingerprint density at radius 1 is 1.25 bits per heavy atom. The van der Waals surface area contributed by atoms with Gasteiger partial charge in [-0.05, 0) is 18.2 Å². The molecule has 20 heavy (non-hydrogen) atoms. The van der Waals surface area contributed by atoms with Gasteiger partial charge in [-0.2, -0.15) is 0 Å². The minimum Gasteiger partial charge on any atom is -0.436 e. The van der Waals surface area contributed by atoms with Gasteiger partial charge in [-0.3, -0.25) is 4.79 Å². The maximum absolute atomic E-state index is 11.7. The summed E-state index contributed by atoms with van der Waals surface area (Å²) in [6, 6.07) is 7.96. The van der Waals surface area contributed by atoms with E-state index in [2.05, 4.69) is 10.2 Å². The van der Waals surface area contributed by atoms with E-state index in [9.17, 15) is 4.79 Å². The minimum atomic E-state index is -0.231. The van der Waals surface area contributed by atoms with E-state index in [-0.39, 0.29) is 17.5 Å². The van der Waals surface area contributed by atoms with E-state index in [4.69, 9.17) is 22.1 Å². The van der Waals surface area contributed by atoms with E-state index in [1.54, 1.807) is 38.4 Å². The van der Waals surface area contributed by atoms with Crippen LogP contribution in [0.25, 0.3) is 0 Å². The van der Waals surface area contributed by atoms with Gasteiger partial charge in [-0.15, -0.1) is 10.2 Å². The topological polar surface area (TPSA) is 81.3 Å². The molecule has 0 aliphatic rings. The first-order valence-electron chi connectivity index (χ1n) is 5.75. The zero-order chi connectivity index (χ0) is 14.7. The summed E-state index contributed by atoms with van der Waals surface area (Å²) in [5.74, 6) is 0.381. The van der Waals surface area contributed by atoms with Crippen molar-refractivity contribution in [3.8, 4) is 11.6 Å². The van der Waals surface area contributed by atoms with Gasteiger partial charge < -0.3 is 15.4 Å². The minimum absolute atomic E-state index is 0.229. The summed E-state index contributed by atoms with van der Waals surface area (Å²) >= 11 is 5.98. The summed E-state index contributed by atoms with van der Waals surface area (Å²) in [5, 5.41) is 8.05. The average molecular weight is 293 g/mol. The highest BCUT2D eigenvalue weighted by molar-refractivity contribution is 6.32. The highest BCUT2D eigenvalue weighted by atomic mass is 35.5. The van der Waals surface area contributed by atoms with E-state index < -0.39 is 0 Å². The molecule has 0 unspecified atom stereocenters. The molecular weight excluding hydrogens is 280 g/mol. The third kappa shape index (κ3) is 3.16. The number of rotatable bonds is 3. The fraction of sp³-hybridized carbons (Fsp3) is 0.154. The van der Waals surface area contributed by atoms with E-state index in [1.807, 2.05) is 0 Å². The maximum Gasteiger partial charge on any atom is 0.273 e. The molecule has 0 saturated heterocycles. The Hall–Kier alpha value is -2.34. The molecule has 2 aromatic rings. The molecule has 1 amide bonds. The normalized spacial score (nSPS) is 10.2. The largest absolute Gasteiger partial charge is 0.436 e. The second-order valence-corrected chi connectivity index (χ2v) is 4.66. The molecule has 0 spiro atoms. The Balaban J connectivity index is 2.19. The zero-order valence-electron chi connectivity index (χ0n) is 11.0. The molecule has 2 N–H and O–H groups in total. The SMILES string of the molecule is CN(C)C(=O)c1ccc(Oc2cc(N)ccc2Cl)nn1. The van der Waals surface area contributed by atoms with Gasteiger partial charge in [0.25, 0.3) is 5.91 Å². The quantitative estimate of drug-likeness (QED) is 0.877. The molecule has 0 atom stereocenters. The van der Waals surface area contributed by atoms with Gasteiger partial charge in [-0.25, -0.2) is 0 Å². The van der Waals surface area contributed by atoms with Crippen LogP contribution in [0.4, 0.5) is 5.69 Å². The van der Waals surface area contributed by atoms with Crippen LogP contribution in [0.5, 0.6) is 11.6 Å². The van der Waals surface area contributed by atoms with E-state index in [0.29, 0.717) is 16.5 Å². The predicted octanol–water partition coefficient (Wildman–Crippen LogP) is 2.21. The molecule has 1 aromatic heterocycles. The summed E-state index contributed by atoms with van der Waals surface area (Å²) in [4.78, 5) is 13.1. The summed E-state index contributed by atoms with van der Waals surface area (Å²) < 4.78 is 5.47. The van der Waals surface area contributed by atoms with Gasteiger partial charge in [0.05, 0.1) is 5.02 Å². The van der Waals surface area contributed by atoms with E-state index in [1.165, 1.54) is 11.0 Å². The van der Waals surface area contributed by atoms with Gasteiger partial charge in [-0.1, -0.05) is 11.6 Å². The summed E-state index contributed by atoms with van der Waals surface area (Å²) in [6.45, 7) is 0. The van der Waals surface area contributed by atoms with Crippen molar-refractivity contribution >= 4 is 23.2 Å². The van der Waals surface area contributed by atoms with Crippen molar-refractivity contribution in [1.29, 1.82) is 0 Å². The molecule has 0 fully saturated rings. The van der Waals surface area contributed by atoms with Crippen molar-refractivity contribution in [3.05, 3.63) is 41.0 Å². The van der Waals surface area contributed by atoms with Gasteiger partial charge in [0.1, 0.15) is 5.75 Å². The van der Waals surface area contributed by atoms with Crippen LogP contribution >= 0.6 is 11.6 Å². The van der Waals surface area contributed by atoms with Crippen molar-refractivity contribution in [3.63, 3.8) is 0 Å². The number of hydrogen-bond donors (Lipinski definition) is 1. The predicted molar refractivity (Wildman–Crippen MR) is 76.0 cm³/mol. The van der Waals surface area contributed by atoms with Crippen molar-refractivity contribution in [2.75, 3.05) is 19.8 Å². The highest BCUT2D eigenvalue weighted by Crippen LogP contribution is 2.29. The Morgan fingerprint density at radius 2 is 2.00 bits per heavy atom. The number of nitrogens with two attached hydrogens (primary N) is 1. The molecule has 1 heterocycles.